The number of benzene rings is 1. The maximum absolute atomic E-state index is 9.22. The van der Waals surface area contributed by atoms with Crippen molar-refractivity contribution in [1.29, 1.82) is 0 Å². The van der Waals surface area contributed by atoms with E-state index in [1.54, 1.807) is 0 Å². The van der Waals surface area contributed by atoms with Crippen molar-refractivity contribution in [1.82, 2.24) is 10.4 Å². The van der Waals surface area contributed by atoms with Crippen LogP contribution in [0.1, 0.15) is 37.8 Å². The smallest absolute Gasteiger partial charge is 0.0521 e. The van der Waals surface area contributed by atoms with Crippen LogP contribution in [0.2, 0.25) is 0 Å². The highest BCUT2D eigenvalue weighted by Gasteiger charge is 2.26. The fourth-order valence-electron chi connectivity index (χ4n) is 2.73. The van der Waals surface area contributed by atoms with Crippen LogP contribution in [0, 0.1) is 0 Å². The number of hydroxylamine groups is 1. The van der Waals surface area contributed by atoms with Crippen LogP contribution >= 0.6 is 0 Å². The average molecular weight is 234 g/mol. The van der Waals surface area contributed by atoms with Crippen LogP contribution in [-0.2, 0) is 0 Å². The Balaban J connectivity index is 2.18. The van der Waals surface area contributed by atoms with Gasteiger partial charge in [-0.3, -0.25) is 4.90 Å². The Kier molecular flexibility index (Phi) is 4.54. The van der Waals surface area contributed by atoms with Crippen molar-refractivity contribution in [3.63, 3.8) is 0 Å². The normalized spacial score (nSPS) is 21.1. The van der Waals surface area contributed by atoms with Crippen molar-refractivity contribution in [3.05, 3.63) is 35.9 Å². The van der Waals surface area contributed by atoms with Crippen molar-refractivity contribution in [3.8, 4) is 0 Å². The second-order valence-corrected chi connectivity index (χ2v) is 4.87. The van der Waals surface area contributed by atoms with Gasteiger partial charge in [-0.05, 0) is 38.4 Å². The third-order valence-corrected chi connectivity index (χ3v) is 3.60. The van der Waals surface area contributed by atoms with Gasteiger partial charge in [0.1, 0.15) is 0 Å². The summed E-state index contributed by atoms with van der Waals surface area (Å²) in [6.45, 7) is 4.30. The van der Waals surface area contributed by atoms with Crippen LogP contribution in [0.25, 0.3) is 0 Å². The molecule has 2 N–H and O–H groups in total. The molecule has 0 radical (unpaired) electrons. The van der Waals surface area contributed by atoms with Gasteiger partial charge in [0, 0.05) is 6.04 Å². The first kappa shape index (κ1) is 12.6. The van der Waals surface area contributed by atoms with Gasteiger partial charge in [-0.1, -0.05) is 36.8 Å². The molecule has 3 nitrogen and oxygen atoms in total. The summed E-state index contributed by atoms with van der Waals surface area (Å²) in [7, 11) is 0. The molecule has 1 aromatic rings. The van der Waals surface area contributed by atoms with E-state index in [4.69, 9.17) is 0 Å². The van der Waals surface area contributed by atoms with E-state index in [2.05, 4.69) is 34.6 Å². The Morgan fingerprint density at radius 3 is 2.35 bits per heavy atom. The van der Waals surface area contributed by atoms with Gasteiger partial charge >= 0.3 is 0 Å². The van der Waals surface area contributed by atoms with Gasteiger partial charge in [-0.15, -0.1) is 0 Å². The number of hydrogen-bond donors (Lipinski definition) is 2. The van der Waals surface area contributed by atoms with Crippen LogP contribution in [0.5, 0.6) is 0 Å². The van der Waals surface area contributed by atoms with E-state index in [0.29, 0.717) is 0 Å². The predicted molar refractivity (Wildman–Crippen MR) is 69.0 cm³/mol. The van der Waals surface area contributed by atoms with Crippen molar-refractivity contribution in [2.24, 2.45) is 0 Å². The molecule has 0 bridgehead atoms. The number of piperidine rings is 1. The van der Waals surface area contributed by atoms with Crippen molar-refractivity contribution in [2.75, 3.05) is 13.1 Å². The van der Waals surface area contributed by atoms with Crippen molar-refractivity contribution in [2.45, 2.75) is 38.3 Å². The summed E-state index contributed by atoms with van der Waals surface area (Å²) in [5.41, 5.74) is 3.70. The quantitative estimate of drug-likeness (QED) is 0.786. The lowest BCUT2D eigenvalue weighted by atomic mass is 9.96. The minimum absolute atomic E-state index is 0.0514. The molecule has 0 aliphatic carbocycles. The summed E-state index contributed by atoms with van der Waals surface area (Å²) in [5.74, 6) is 0. The molecular formula is C14H22N2O. The second kappa shape index (κ2) is 6.15. The molecule has 1 aliphatic rings. The summed E-state index contributed by atoms with van der Waals surface area (Å²) >= 11 is 0. The molecule has 0 saturated carbocycles. The van der Waals surface area contributed by atoms with Crippen molar-refractivity contribution < 1.29 is 5.21 Å². The monoisotopic (exact) mass is 234 g/mol. The van der Waals surface area contributed by atoms with Crippen LogP contribution < -0.4 is 5.48 Å². The number of nitrogens with zero attached hydrogens (tertiary/aromatic N) is 1. The largest absolute Gasteiger partial charge is 0.316 e. The molecule has 1 fully saturated rings. The van der Waals surface area contributed by atoms with Crippen LogP contribution in [0.4, 0.5) is 0 Å². The van der Waals surface area contributed by atoms with E-state index in [1.165, 1.54) is 24.8 Å². The van der Waals surface area contributed by atoms with E-state index in [1.807, 2.05) is 13.0 Å². The van der Waals surface area contributed by atoms with Crippen LogP contribution in [-0.4, -0.2) is 29.2 Å². The Morgan fingerprint density at radius 2 is 1.76 bits per heavy atom. The third-order valence-electron chi connectivity index (χ3n) is 3.60. The molecule has 17 heavy (non-hydrogen) atoms. The highest BCUT2D eigenvalue weighted by atomic mass is 16.5. The van der Waals surface area contributed by atoms with Gasteiger partial charge in [0.15, 0.2) is 0 Å². The Morgan fingerprint density at radius 1 is 1.12 bits per heavy atom. The average Bonchev–Trinajstić information content (AvgIpc) is 2.41. The molecule has 1 unspecified atom stereocenters. The van der Waals surface area contributed by atoms with E-state index in [-0.39, 0.29) is 12.1 Å². The molecule has 2 atom stereocenters. The molecule has 1 heterocycles. The Hall–Kier alpha value is -0.900. The number of hydrogen-bond acceptors (Lipinski definition) is 3. The summed E-state index contributed by atoms with van der Waals surface area (Å²) in [6.07, 6.45) is 3.86. The second-order valence-electron chi connectivity index (χ2n) is 4.87. The fraction of sp³-hybridized carbons (Fsp3) is 0.571. The molecular weight excluding hydrogens is 212 g/mol. The maximum atomic E-state index is 9.22. The number of rotatable bonds is 4. The van der Waals surface area contributed by atoms with E-state index in [9.17, 15) is 5.21 Å². The van der Waals surface area contributed by atoms with Crippen molar-refractivity contribution >= 4 is 0 Å². The zero-order chi connectivity index (χ0) is 12.1. The molecule has 94 valence electrons. The number of nitrogens with one attached hydrogen (secondary N) is 1. The highest BCUT2D eigenvalue weighted by molar-refractivity contribution is 5.20. The first-order chi connectivity index (χ1) is 8.33. The van der Waals surface area contributed by atoms with Gasteiger partial charge in [0.05, 0.1) is 6.04 Å². The van der Waals surface area contributed by atoms with Gasteiger partial charge in [-0.25, -0.2) is 5.48 Å². The summed E-state index contributed by atoms with van der Waals surface area (Å²) < 4.78 is 0. The highest BCUT2D eigenvalue weighted by Crippen LogP contribution is 2.27. The topological polar surface area (TPSA) is 35.5 Å². The molecule has 2 rings (SSSR count). The lowest BCUT2D eigenvalue weighted by Crippen LogP contribution is -2.43. The first-order valence-corrected chi connectivity index (χ1v) is 6.51. The minimum Gasteiger partial charge on any atom is -0.316 e. The molecule has 0 spiro atoms. The molecule has 1 aliphatic heterocycles. The zero-order valence-electron chi connectivity index (χ0n) is 10.5. The van der Waals surface area contributed by atoms with E-state index >= 15 is 0 Å². The summed E-state index contributed by atoms with van der Waals surface area (Å²) in [6, 6.07) is 10.8. The van der Waals surface area contributed by atoms with Crippen LogP contribution in [0.3, 0.4) is 0 Å². The van der Waals surface area contributed by atoms with Gasteiger partial charge in [-0.2, -0.15) is 0 Å². The molecule has 1 saturated heterocycles. The van der Waals surface area contributed by atoms with Gasteiger partial charge < -0.3 is 5.21 Å². The van der Waals surface area contributed by atoms with E-state index in [0.717, 1.165) is 13.1 Å². The molecule has 3 heteroatoms. The van der Waals surface area contributed by atoms with E-state index < -0.39 is 0 Å². The van der Waals surface area contributed by atoms with Gasteiger partial charge in [0.25, 0.3) is 0 Å². The minimum atomic E-state index is 0.0514. The van der Waals surface area contributed by atoms with Crippen LogP contribution in [0.15, 0.2) is 30.3 Å². The summed E-state index contributed by atoms with van der Waals surface area (Å²) in [5, 5.41) is 9.22. The lowest BCUT2D eigenvalue weighted by molar-refractivity contribution is 0.0589. The summed E-state index contributed by atoms with van der Waals surface area (Å²) in [4.78, 5) is 2.48. The first-order valence-electron chi connectivity index (χ1n) is 6.51. The SMILES string of the molecule is C[C@@H](NO)C(c1ccccc1)N1CCCCC1. The Bertz CT molecular complexity index is 322. The molecule has 0 amide bonds. The van der Waals surface area contributed by atoms with Gasteiger partial charge in [0.2, 0.25) is 0 Å². The Labute approximate surface area is 103 Å². The standard InChI is InChI=1S/C14H22N2O/c1-12(15-17)14(13-8-4-2-5-9-13)16-10-6-3-7-11-16/h2,4-5,8-9,12,14-15,17H,3,6-7,10-11H2,1H3/t12-,14?/m1/s1. The number of likely N-dealkylation sites (tertiary alicyclic amines) is 1. The maximum Gasteiger partial charge on any atom is 0.0521 e. The molecule has 1 aromatic carbocycles. The lowest BCUT2D eigenvalue weighted by Gasteiger charge is -2.37. The fourth-order valence-corrected chi connectivity index (χ4v) is 2.73. The predicted octanol–water partition coefficient (Wildman–Crippen LogP) is 2.58. The third kappa shape index (κ3) is 3.06. The zero-order valence-corrected chi connectivity index (χ0v) is 10.5. The molecule has 0 aromatic heterocycles.